The largest absolute Gasteiger partial charge is 0.491 e. The number of ether oxygens (including phenoxy) is 1. The Morgan fingerprint density at radius 1 is 1.03 bits per heavy atom. The number of rotatable bonds is 9. The smallest absolute Gasteiger partial charge is 0.254 e. The second kappa shape index (κ2) is 11.7. The van der Waals surface area contributed by atoms with Gasteiger partial charge in [0.2, 0.25) is 5.91 Å². The van der Waals surface area contributed by atoms with Crippen LogP contribution in [-0.4, -0.2) is 47.9 Å². The Morgan fingerprint density at radius 2 is 1.75 bits per heavy atom. The van der Waals surface area contributed by atoms with Crippen molar-refractivity contribution in [3.05, 3.63) is 87.6 Å². The lowest BCUT2D eigenvalue weighted by atomic mass is 10.00. The van der Waals surface area contributed by atoms with Gasteiger partial charge in [-0.3, -0.25) is 9.59 Å². The van der Waals surface area contributed by atoms with E-state index in [0.29, 0.717) is 31.2 Å². The Labute approximate surface area is 218 Å². The molecule has 1 unspecified atom stereocenters. The summed E-state index contributed by atoms with van der Waals surface area (Å²) in [6.07, 6.45) is 0.829. The zero-order chi connectivity index (χ0) is 25.7. The Morgan fingerprint density at radius 3 is 2.42 bits per heavy atom. The summed E-state index contributed by atoms with van der Waals surface area (Å²) in [5.74, 6) is 1.37. The first kappa shape index (κ1) is 26.0. The molecule has 0 radical (unpaired) electrons. The van der Waals surface area contributed by atoms with Gasteiger partial charge in [0.1, 0.15) is 18.9 Å². The molecule has 0 bridgehead atoms. The van der Waals surface area contributed by atoms with Crippen molar-refractivity contribution in [2.24, 2.45) is 5.92 Å². The minimum atomic E-state index is -0.176. The van der Waals surface area contributed by atoms with Crippen molar-refractivity contribution >= 4 is 23.2 Å². The maximum atomic E-state index is 13.7. The molecule has 2 heterocycles. The Bertz CT molecular complexity index is 1150. The fraction of sp³-hybridized carbons (Fsp3) is 0.400. The number of carbonyl (C=O) groups excluding carboxylic acids is 2. The molecule has 4 rings (SSSR count). The van der Waals surface area contributed by atoms with E-state index in [1.54, 1.807) is 28.4 Å². The highest BCUT2D eigenvalue weighted by molar-refractivity contribution is 7.10. The van der Waals surface area contributed by atoms with Crippen LogP contribution in [0.1, 0.15) is 66.0 Å². The number of hydrogen-bond donors (Lipinski definition) is 0. The van der Waals surface area contributed by atoms with Crippen molar-refractivity contribution in [3.8, 4) is 5.75 Å². The summed E-state index contributed by atoms with van der Waals surface area (Å²) in [5, 5.41) is 2.09. The predicted octanol–water partition coefficient (Wildman–Crippen LogP) is 6.17. The average molecular weight is 505 g/mol. The van der Waals surface area contributed by atoms with Gasteiger partial charge in [-0.2, -0.15) is 0 Å². The van der Waals surface area contributed by atoms with E-state index in [0.717, 1.165) is 17.7 Å². The summed E-state index contributed by atoms with van der Waals surface area (Å²) in [6.45, 7) is 10.1. The lowest BCUT2D eigenvalue weighted by Crippen LogP contribution is -2.48. The van der Waals surface area contributed by atoms with E-state index in [-0.39, 0.29) is 30.3 Å². The van der Waals surface area contributed by atoms with Crippen LogP contribution < -0.4 is 4.74 Å². The molecule has 6 heteroatoms. The van der Waals surface area contributed by atoms with Crippen molar-refractivity contribution in [3.63, 3.8) is 0 Å². The van der Waals surface area contributed by atoms with Gasteiger partial charge in [-0.15, -0.1) is 11.3 Å². The summed E-state index contributed by atoms with van der Waals surface area (Å²) in [4.78, 5) is 31.8. The van der Waals surface area contributed by atoms with Gasteiger partial charge in [-0.25, -0.2) is 0 Å². The van der Waals surface area contributed by atoms with E-state index in [1.807, 2.05) is 35.2 Å². The number of nitrogens with zero attached hydrogens (tertiary/aromatic N) is 2. The van der Waals surface area contributed by atoms with Crippen LogP contribution in [0.3, 0.4) is 0 Å². The van der Waals surface area contributed by atoms with Gasteiger partial charge >= 0.3 is 0 Å². The number of benzene rings is 2. The Kier molecular flexibility index (Phi) is 8.47. The normalized spacial score (nSPS) is 15.2. The first-order valence-corrected chi connectivity index (χ1v) is 13.6. The zero-order valence-electron chi connectivity index (χ0n) is 21.6. The van der Waals surface area contributed by atoms with Crippen molar-refractivity contribution < 1.29 is 14.3 Å². The van der Waals surface area contributed by atoms with Gasteiger partial charge in [-0.1, -0.05) is 58.0 Å². The van der Waals surface area contributed by atoms with E-state index in [4.69, 9.17) is 4.74 Å². The molecule has 0 N–H and O–H groups in total. The van der Waals surface area contributed by atoms with Gasteiger partial charge in [0.05, 0.1) is 6.04 Å². The number of thiophene rings is 1. The average Bonchev–Trinajstić information content (AvgIpc) is 3.36. The highest BCUT2D eigenvalue weighted by Gasteiger charge is 2.33. The Balaban J connectivity index is 1.51. The Hall–Kier alpha value is -3.12. The molecule has 1 atom stereocenters. The minimum Gasteiger partial charge on any atom is -0.491 e. The molecular weight excluding hydrogens is 468 g/mol. The molecule has 0 spiro atoms. The molecule has 0 fully saturated rings. The zero-order valence-corrected chi connectivity index (χ0v) is 22.5. The molecule has 1 aliphatic heterocycles. The number of carbonyl (C=O) groups is 2. The van der Waals surface area contributed by atoms with Crippen LogP contribution in [0.4, 0.5) is 0 Å². The molecule has 3 aromatic rings. The van der Waals surface area contributed by atoms with E-state index < -0.39 is 0 Å². The van der Waals surface area contributed by atoms with Crippen molar-refractivity contribution in [1.82, 2.24) is 9.80 Å². The first-order chi connectivity index (χ1) is 17.3. The molecule has 1 aliphatic rings. The predicted molar refractivity (Wildman–Crippen MR) is 146 cm³/mol. The highest BCUT2D eigenvalue weighted by Crippen LogP contribution is 2.34. The summed E-state index contributed by atoms with van der Waals surface area (Å²) in [6, 6.07) is 19.3. The van der Waals surface area contributed by atoms with E-state index in [9.17, 15) is 9.59 Å². The molecule has 36 heavy (non-hydrogen) atoms. The van der Waals surface area contributed by atoms with Crippen LogP contribution >= 0.6 is 11.3 Å². The SMILES string of the molecule is CC(C)CN(CC(=O)N1CCc2sccc2C1COc1ccc(C(C)C)cc1)C(=O)c1ccccc1. The third-order valence-corrected chi connectivity index (χ3v) is 7.59. The van der Waals surface area contributed by atoms with Gasteiger partial charge < -0.3 is 14.5 Å². The molecular formula is C30H36N2O3S. The third-order valence-electron chi connectivity index (χ3n) is 6.59. The lowest BCUT2D eigenvalue weighted by Gasteiger charge is -2.37. The number of fused-ring (bicyclic) bond motifs is 1. The maximum Gasteiger partial charge on any atom is 0.254 e. The topological polar surface area (TPSA) is 49.9 Å². The molecule has 1 aromatic heterocycles. The van der Waals surface area contributed by atoms with Gasteiger partial charge in [0.25, 0.3) is 5.91 Å². The summed E-state index contributed by atoms with van der Waals surface area (Å²) < 4.78 is 6.20. The molecule has 0 saturated heterocycles. The quantitative estimate of drug-likeness (QED) is 0.350. The maximum absolute atomic E-state index is 13.7. The first-order valence-electron chi connectivity index (χ1n) is 12.8. The van der Waals surface area contributed by atoms with E-state index >= 15 is 0 Å². The molecule has 0 saturated carbocycles. The summed E-state index contributed by atoms with van der Waals surface area (Å²) in [7, 11) is 0. The van der Waals surface area contributed by atoms with Crippen LogP contribution in [0, 0.1) is 5.92 Å². The number of hydrogen-bond acceptors (Lipinski definition) is 4. The number of amides is 2. The highest BCUT2D eigenvalue weighted by atomic mass is 32.1. The van der Waals surface area contributed by atoms with Crippen molar-refractivity contribution in [2.75, 3.05) is 26.2 Å². The monoisotopic (exact) mass is 504 g/mol. The summed E-state index contributed by atoms with van der Waals surface area (Å²) in [5.41, 5.74) is 3.03. The van der Waals surface area contributed by atoms with E-state index in [1.165, 1.54) is 10.4 Å². The fourth-order valence-electron chi connectivity index (χ4n) is 4.68. The fourth-order valence-corrected chi connectivity index (χ4v) is 5.60. The van der Waals surface area contributed by atoms with Crippen LogP contribution in [0.25, 0.3) is 0 Å². The second-order valence-electron chi connectivity index (χ2n) is 10.1. The molecule has 0 aliphatic carbocycles. The molecule has 2 aromatic carbocycles. The van der Waals surface area contributed by atoms with Crippen LogP contribution in [0.2, 0.25) is 0 Å². The molecule has 5 nitrogen and oxygen atoms in total. The lowest BCUT2D eigenvalue weighted by molar-refractivity contribution is -0.135. The molecule has 2 amide bonds. The van der Waals surface area contributed by atoms with Crippen LogP contribution in [0.15, 0.2) is 66.0 Å². The van der Waals surface area contributed by atoms with Crippen LogP contribution in [-0.2, 0) is 11.2 Å². The minimum absolute atomic E-state index is 0.0412. The van der Waals surface area contributed by atoms with Crippen molar-refractivity contribution in [2.45, 2.75) is 46.1 Å². The second-order valence-corrected chi connectivity index (χ2v) is 11.1. The standard InChI is InChI=1S/C30H36N2O3S/c1-21(2)18-31(30(34)24-8-6-5-7-9-24)19-29(33)32-16-14-28-26(15-17-36-28)27(32)20-35-25-12-10-23(11-13-25)22(3)4/h5-13,15,17,21-22,27H,14,16,18-20H2,1-4H3. The third kappa shape index (κ3) is 6.16. The van der Waals surface area contributed by atoms with Gasteiger partial charge in [0, 0.05) is 23.5 Å². The van der Waals surface area contributed by atoms with Crippen molar-refractivity contribution in [1.29, 1.82) is 0 Å². The van der Waals surface area contributed by atoms with Gasteiger partial charge in [-0.05, 0) is 65.1 Å². The van der Waals surface area contributed by atoms with E-state index in [2.05, 4.69) is 51.3 Å². The molecule has 190 valence electrons. The summed E-state index contributed by atoms with van der Waals surface area (Å²) >= 11 is 1.74. The van der Waals surface area contributed by atoms with Crippen LogP contribution in [0.5, 0.6) is 5.75 Å². The van der Waals surface area contributed by atoms with Gasteiger partial charge in [0.15, 0.2) is 0 Å².